The topological polar surface area (TPSA) is 104 Å². The average molecular weight is 321 g/mol. The van der Waals surface area contributed by atoms with E-state index in [1.165, 1.54) is 6.20 Å². The fourth-order valence-corrected chi connectivity index (χ4v) is 2.86. The van der Waals surface area contributed by atoms with Crippen molar-refractivity contribution in [3.05, 3.63) is 17.0 Å². The molecule has 0 radical (unpaired) electrons. The van der Waals surface area contributed by atoms with E-state index in [1.54, 1.807) is 0 Å². The number of anilines is 1. The van der Waals surface area contributed by atoms with Crippen LogP contribution in [0.5, 0.6) is 0 Å². The average Bonchev–Trinajstić information content (AvgIpc) is 2.71. The van der Waals surface area contributed by atoms with E-state index in [-0.39, 0.29) is 29.6 Å². The number of carbonyl (C=O) groups is 1. The van der Waals surface area contributed by atoms with Crippen LogP contribution in [0.3, 0.4) is 0 Å². The first kappa shape index (κ1) is 14.0. The van der Waals surface area contributed by atoms with Crippen LogP contribution >= 0.6 is 22.3 Å². The zero-order valence-electron chi connectivity index (χ0n) is 9.25. The van der Waals surface area contributed by atoms with Gasteiger partial charge in [-0.05, 0) is 11.6 Å². The standard InChI is InChI=1S/C9H6Cl2N4O3S/c10-9-13-3-5(2-12)8(14-9)15-4-6(1-7(15)16)19(11,17)18/h3,6H,1,4H2. The van der Waals surface area contributed by atoms with Crippen molar-refractivity contribution in [2.75, 3.05) is 11.4 Å². The molecule has 10 heteroatoms. The van der Waals surface area contributed by atoms with Crippen LogP contribution in [0.2, 0.25) is 5.28 Å². The Hall–Kier alpha value is -1.43. The minimum Gasteiger partial charge on any atom is -0.294 e. The number of aromatic nitrogens is 2. The van der Waals surface area contributed by atoms with Crippen molar-refractivity contribution in [3.63, 3.8) is 0 Å². The van der Waals surface area contributed by atoms with Crippen LogP contribution in [0.1, 0.15) is 12.0 Å². The molecule has 1 amide bonds. The summed E-state index contributed by atoms with van der Waals surface area (Å²) in [5.41, 5.74) is 0.0328. The zero-order chi connectivity index (χ0) is 14.2. The van der Waals surface area contributed by atoms with Crippen LogP contribution in [0.4, 0.5) is 5.82 Å². The molecular formula is C9H6Cl2N4O3S. The van der Waals surface area contributed by atoms with Crippen LogP contribution in [-0.4, -0.2) is 36.1 Å². The number of rotatable bonds is 2. The van der Waals surface area contributed by atoms with Gasteiger partial charge in [-0.15, -0.1) is 0 Å². The molecule has 1 aliphatic heterocycles. The monoisotopic (exact) mass is 320 g/mol. The van der Waals surface area contributed by atoms with Crippen LogP contribution in [0.15, 0.2) is 6.20 Å². The second-order valence-electron chi connectivity index (χ2n) is 3.79. The number of hydrogen-bond acceptors (Lipinski definition) is 6. The summed E-state index contributed by atoms with van der Waals surface area (Å²) in [5, 5.41) is 7.76. The predicted octanol–water partition coefficient (Wildman–Crippen LogP) is 0.676. The normalized spacial score (nSPS) is 19.5. The molecule has 0 N–H and O–H groups in total. The van der Waals surface area contributed by atoms with Crippen molar-refractivity contribution in [3.8, 4) is 6.07 Å². The number of hydrogen-bond donors (Lipinski definition) is 0. The summed E-state index contributed by atoms with van der Waals surface area (Å²) >= 11 is 5.61. The number of nitriles is 1. The van der Waals surface area contributed by atoms with Gasteiger partial charge in [0.1, 0.15) is 16.9 Å². The highest BCUT2D eigenvalue weighted by molar-refractivity contribution is 8.14. The van der Waals surface area contributed by atoms with Gasteiger partial charge >= 0.3 is 0 Å². The fraction of sp³-hybridized carbons (Fsp3) is 0.333. The molecule has 0 bridgehead atoms. The maximum absolute atomic E-state index is 11.8. The van der Waals surface area contributed by atoms with E-state index in [0.29, 0.717) is 0 Å². The van der Waals surface area contributed by atoms with Gasteiger partial charge in [-0.3, -0.25) is 9.69 Å². The minimum atomic E-state index is -3.86. The summed E-state index contributed by atoms with van der Waals surface area (Å²) in [6.45, 7) is -0.160. The van der Waals surface area contributed by atoms with Gasteiger partial charge in [0.15, 0.2) is 5.82 Å². The van der Waals surface area contributed by atoms with E-state index in [9.17, 15) is 13.2 Å². The summed E-state index contributed by atoms with van der Waals surface area (Å²) in [5.74, 6) is -0.490. The smallest absolute Gasteiger partial charge is 0.237 e. The summed E-state index contributed by atoms with van der Waals surface area (Å²) in [4.78, 5) is 20.3. The third-order valence-corrected chi connectivity index (χ3v) is 4.65. The number of carbonyl (C=O) groups excluding carboxylic acids is 1. The lowest BCUT2D eigenvalue weighted by Crippen LogP contribution is -2.28. The van der Waals surface area contributed by atoms with Crippen LogP contribution in [0, 0.1) is 11.3 Å². The SMILES string of the molecule is N#Cc1cnc(Cl)nc1N1CC(S(=O)(=O)Cl)CC1=O. The molecule has 1 aromatic rings. The molecule has 0 aliphatic carbocycles. The van der Waals surface area contributed by atoms with E-state index in [1.807, 2.05) is 6.07 Å². The summed E-state index contributed by atoms with van der Waals surface area (Å²) in [6, 6.07) is 1.81. The van der Waals surface area contributed by atoms with Gasteiger partial charge in [0.2, 0.25) is 20.2 Å². The molecule has 0 saturated carbocycles. The van der Waals surface area contributed by atoms with E-state index in [0.717, 1.165) is 4.90 Å². The first-order valence-electron chi connectivity index (χ1n) is 4.99. The van der Waals surface area contributed by atoms with Crippen LogP contribution < -0.4 is 4.90 Å². The molecule has 19 heavy (non-hydrogen) atoms. The first-order valence-corrected chi connectivity index (χ1v) is 7.74. The summed E-state index contributed by atoms with van der Waals surface area (Å²) in [6.07, 6.45) is 0.915. The minimum absolute atomic E-state index is 0.00434. The van der Waals surface area contributed by atoms with Crippen molar-refractivity contribution in [2.45, 2.75) is 11.7 Å². The van der Waals surface area contributed by atoms with E-state index >= 15 is 0 Å². The largest absolute Gasteiger partial charge is 0.294 e. The molecule has 1 unspecified atom stereocenters. The Labute approximate surface area is 118 Å². The van der Waals surface area contributed by atoms with Crippen molar-refractivity contribution < 1.29 is 13.2 Å². The second-order valence-corrected chi connectivity index (χ2v) is 7.04. The Balaban J connectivity index is 2.42. The highest BCUT2D eigenvalue weighted by Crippen LogP contribution is 2.27. The number of amides is 1. The number of halogens is 2. The quantitative estimate of drug-likeness (QED) is 0.586. The van der Waals surface area contributed by atoms with E-state index in [4.69, 9.17) is 27.5 Å². The first-order chi connectivity index (χ1) is 8.82. The van der Waals surface area contributed by atoms with Gasteiger partial charge in [0.25, 0.3) is 0 Å². The molecule has 7 nitrogen and oxygen atoms in total. The Bertz CT molecular complexity index is 685. The molecule has 0 aromatic carbocycles. The fourth-order valence-electron chi connectivity index (χ4n) is 1.70. The lowest BCUT2D eigenvalue weighted by molar-refractivity contribution is -0.117. The Morgan fingerprint density at radius 2 is 2.21 bits per heavy atom. The van der Waals surface area contributed by atoms with Gasteiger partial charge in [-0.1, -0.05) is 0 Å². The molecule has 1 atom stereocenters. The highest BCUT2D eigenvalue weighted by Gasteiger charge is 2.39. The molecule has 1 aromatic heterocycles. The van der Waals surface area contributed by atoms with Gasteiger partial charge < -0.3 is 0 Å². The summed E-state index contributed by atoms with van der Waals surface area (Å²) < 4.78 is 22.5. The lowest BCUT2D eigenvalue weighted by atomic mass is 10.3. The van der Waals surface area contributed by atoms with Gasteiger partial charge in [0.05, 0.1) is 6.20 Å². The molecule has 1 fully saturated rings. The Kier molecular flexibility index (Phi) is 3.62. The molecule has 2 rings (SSSR count). The van der Waals surface area contributed by atoms with Gasteiger partial charge in [0, 0.05) is 23.6 Å². The Morgan fingerprint density at radius 3 is 2.74 bits per heavy atom. The maximum atomic E-state index is 11.8. The molecule has 2 heterocycles. The molecule has 100 valence electrons. The zero-order valence-corrected chi connectivity index (χ0v) is 11.6. The van der Waals surface area contributed by atoms with Crippen molar-refractivity contribution >= 4 is 43.1 Å². The highest BCUT2D eigenvalue weighted by atomic mass is 35.7. The second kappa shape index (κ2) is 4.92. The van der Waals surface area contributed by atoms with Crippen molar-refractivity contribution in [2.24, 2.45) is 0 Å². The summed E-state index contributed by atoms with van der Waals surface area (Å²) in [7, 11) is 1.38. The third-order valence-electron chi connectivity index (χ3n) is 2.60. The van der Waals surface area contributed by atoms with Crippen molar-refractivity contribution in [1.29, 1.82) is 5.26 Å². The number of nitrogens with zero attached hydrogens (tertiary/aromatic N) is 4. The molecule has 1 saturated heterocycles. The molecule has 1 aliphatic rings. The van der Waals surface area contributed by atoms with Gasteiger partial charge in [-0.2, -0.15) is 10.2 Å². The van der Waals surface area contributed by atoms with Crippen LogP contribution in [0.25, 0.3) is 0 Å². The van der Waals surface area contributed by atoms with E-state index < -0.39 is 20.2 Å². The molecular weight excluding hydrogens is 315 g/mol. The third kappa shape index (κ3) is 2.78. The maximum Gasteiger partial charge on any atom is 0.237 e. The Morgan fingerprint density at radius 1 is 1.53 bits per heavy atom. The lowest BCUT2D eigenvalue weighted by Gasteiger charge is -2.15. The predicted molar refractivity (Wildman–Crippen MR) is 67.3 cm³/mol. The van der Waals surface area contributed by atoms with Crippen molar-refractivity contribution in [1.82, 2.24) is 9.97 Å². The van der Waals surface area contributed by atoms with Gasteiger partial charge in [-0.25, -0.2) is 13.4 Å². The molecule has 0 spiro atoms. The van der Waals surface area contributed by atoms with E-state index in [2.05, 4.69) is 9.97 Å². The van der Waals surface area contributed by atoms with Crippen LogP contribution in [-0.2, 0) is 13.8 Å².